The van der Waals surface area contributed by atoms with Gasteiger partial charge in [-0.25, -0.2) is 13.4 Å². The Balaban J connectivity index is 1.58. The molecular formula is C26H16N2O3S2. The number of rotatable bonds is 3. The molecule has 5 nitrogen and oxygen atoms in total. The van der Waals surface area contributed by atoms with Crippen LogP contribution in [0.1, 0.15) is 16.2 Å². The highest BCUT2D eigenvalue weighted by atomic mass is 32.2. The highest BCUT2D eigenvalue weighted by Gasteiger charge is 2.39. The molecule has 3 aromatic carbocycles. The number of carbonyl (C=O) groups excluding carboxylic acids is 1. The molecule has 0 radical (unpaired) electrons. The first-order valence-electron chi connectivity index (χ1n) is 10.3. The fraction of sp³-hybridized carbons (Fsp3) is 0. The molecule has 0 amide bonds. The predicted octanol–water partition coefficient (Wildman–Crippen LogP) is 5.77. The lowest BCUT2D eigenvalue weighted by Gasteiger charge is -2.07. The SMILES string of the molecule is O=C1/C(=C\c2nc3sc(-c4ccccc4)cc3n2-c2ccccc2)S(=O)(=O)c2ccccc21. The van der Waals surface area contributed by atoms with Gasteiger partial charge in [0.25, 0.3) is 0 Å². The van der Waals surface area contributed by atoms with Gasteiger partial charge in [-0.3, -0.25) is 9.36 Å². The summed E-state index contributed by atoms with van der Waals surface area (Å²) >= 11 is 1.53. The molecular weight excluding hydrogens is 452 g/mol. The number of carbonyl (C=O) groups is 1. The van der Waals surface area contributed by atoms with Crippen LogP contribution in [0.5, 0.6) is 0 Å². The van der Waals surface area contributed by atoms with Gasteiger partial charge >= 0.3 is 0 Å². The molecule has 0 atom stereocenters. The number of ketones is 1. The number of fused-ring (bicyclic) bond motifs is 2. The van der Waals surface area contributed by atoms with Gasteiger partial charge in [0.2, 0.25) is 15.6 Å². The summed E-state index contributed by atoms with van der Waals surface area (Å²) in [6.45, 7) is 0. The number of benzene rings is 3. The Bertz CT molecular complexity index is 1680. The largest absolute Gasteiger partial charge is 0.292 e. The summed E-state index contributed by atoms with van der Waals surface area (Å²) in [5.41, 5.74) is 2.99. The van der Waals surface area contributed by atoms with E-state index in [1.807, 2.05) is 65.2 Å². The second-order valence-electron chi connectivity index (χ2n) is 7.65. The van der Waals surface area contributed by atoms with Gasteiger partial charge in [0.1, 0.15) is 15.6 Å². The molecule has 0 saturated carbocycles. The van der Waals surface area contributed by atoms with Gasteiger partial charge in [0.05, 0.1) is 10.4 Å². The molecule has 1 aliphatic heterocycles. The molecule has 7 heteroatoms. The van der Waals surface area contributed by atoms with E-state index in [1.165, 1.54) is 23.5 Å². The van der Waals surface area contributed by atoms with E-state index in [0.29, 0.717) is 5.82 Å². The topological polar surface area (TPSA) is 69.0 Å². The fourth-order valence-electron chi connectivity index (χ4n) is 4.10. The Morgan fingerprint density at radius 3 is 2.24 bits per heavy atom. The first kappa shape index (κ1) is 19.8. The van der Waals surface area contributed by atoms with Crippen molar-refractivity contribution in [1.82, 2.24) is 9.55 Å². The Kier molecular flexibility index (Phi) is 4.43. The van der Waals surface area contributed by atoms with Crippen LogP contribution in [0.15, 0.2) is 101 Å². The molecule has 0 saturated heterocycles. The highest BCUT2D eigenvalue weighted by Crippen LogP contribution is 2.38. The minimum atomic E-state index is -3.90. The Hall–Kier alpha value is -3.81. The third kappa shape index (κ3) is 3.08. The molecule has 160 valence electrons. The van der Waals surface area contributed by atoms with Crippen molar-refractivity contribution in [3.63, 3.8) is 0 Å². The molecule has 1 aliphatic rings. The summed E-state index contributed by atoms with van der Waals surface area (Å²) in [5.74, 6) is -0.0941. The summed E-state index contributed by atoms with van der Waals surface area (Å²) in [6.07, 6.45) is 1.40. The number of hydrogen-bond donors (Lipinski definition) is 0. The Morgan fingerprint density at radius 2 is 1.52 bits per heavy atom. The van der Waals surface area contributed by atoms with Gasteiger partial charge in [0, 0.05) is 22.2 Å². The van der Waals surface area contributed by atoms with E-state index in [4.69, 9.17) is 4.98 Å². The molecule has 0 unspecified atom stereocenters. The zero-order chi connectivity index (χ0) is 22.6. The minimum Gasteiger partial charge on any atom is -0.292 e. The molecule has 0 fully saturated rings. The van der Waals surface area contributed by atoms with E-state index in [-0.39, 0.29) is 15.4 Å². The molecule has 33 heavy (non-hydrogen) atoms. The number of sulfone groups is 1. The van der Waals surface area contributed by atoms with Crippen LogP contribution in [-0.4, -0.2) is 23.8 Å². The summed E-state index contributed by atoms with van der Waals surface area (Å²) in [5, 5.41) is 0. The normalized spacial score (nSPS) is 15.9. The average Bonchev–Trinajstić information content (AvgIpc) is 3.45. The second-order valence-corrected chi connectivity index (χ2v) is 10.6. The highest BCUT2D eigenvalue weighted by molar-refractivity contribution is 7.97. The monoisotopic (exact) mass is 468 g/mol. The zero-order valence-electron chi connectivity index (χ0n) is 17.2. The van der Waals surface area contributed by atoms with Gasteiger partial charge in [-0.15, -0.1) is 11.3 Å². The molecule has 2 aromatic heterocycles. The van der Waals surface area contributed by atoms with E-state index in [0.717, 1.165) is 26.5 Å². The van der Waals surface area contributed by atoms with Crippen molar-refractivity contribution in [3.05, 3.63) is 107 Å². The molecule has 5 aromatic rings. The summed E-state index contributed by atoms with van der Waals surface area (Å²) in [7, 11) is -3.90. The standard InChI is InChI=1S/C26H16N2O3S2/c29-25-19-13-7-8-14-22(19)33(30,31)23(25)16-24-27-26-20(28(24)18-11-5-2-6-12-18)15-21(32-26)17-9-3-1-4-10-17/h1-16H/b23-16+. The van der Waals surface area contributed by atoms with Crippen molar-refractivity contribution >= 4 is 43.4 Å². The lowest BCUT2D eigenvalue weighted by atomic mass is 10.1. The maximum absolute atomic E-state index is 13.1. The van der Waals surface area contributed by atoms with E-state index in [9.17, 15) is 13.2 Å². The van der Waals surface area contributed by atoms with Crippen molar-refractivity contribution in [2.45, 2.75) is 4.90 Å². The van der Waals surface area contributed by atoms with Crippen molar-refractivity contribution < 1.29 is 13.2 Å². The number of aromatic nitrogens is 2. The van der Waals surface area contributed by atoms with Gasteiger partial charge in [-0.05, 0) is 35.9 Å². The van der Waals surface area contributed by atoms with Crippen LogP contribution < -0.4 is 0 Å². The summed E-state index contributed by atoms with van der Waals surface area (Å²) in [4.78, 5) is 19.4. The molecule has 0 aliphatic carbocycles. The van der Waals surface area contributed by atoms with Gasteiger partial charge in [-0.2, -0.15) is 0 Å². The lowest BCUT2D eigenvalue weighted by Crippen LogP contribution is -2.04. The Labute approximate surface area is 194 Å². The van der Waals surface area contributed by atoms with E-state index >= 15 is 0 Å². The molecule has 0 bridgehead atoms. The lowest BCUT2D eigenvalue weighted by molar-refractivity contribution is 0.104. The van der Waals surface area contributed by atoms with Crippen LogP contribution in [0.4, 0.5) is 0 Å². The van der Waals surface area contributed by atoms with Crippen LogP contribution in [0.25, 0.3) is 32.6 Å². The zero-order valence-corrected chi connectivity index (χ0v) is 18.8. The molecule has 6 rings (SSSR count). The third-order valence-corrected chi connectivity index (χ3v) is 8.53. The van der Waals surface area contributed by atoms with Crippen LogP contribution >= 0.6 is 11.3 Å². The van der Waals surface area contributed by atoms with Crippen LogP contribution in [-0.2, 0) is 9.84 Å². The molecule has 3 heterocycles. The number of thiophene rings is 1. The number of hydrogen-bond acceptors (Lipinski definition) is 5. The van der Waals surface area contributed by atoms with E-state index < -0.39 is 15.6 Å². The first-order chi connectivity index (χ1) is 16.0. The predicted molar refractivity (Wildman–Crippen MR) is 130 cm³/mol. The minimum absolute atomic E-state index is 0.0484. The second kappa shape index (κ2) is 7.37. The van der Waals surface area contributed by atoms with Crippen molar-refractivity contribution in [2.75, 3.05) is 0 Å². The summed E-state index contributed by atoms with van der Waals surface area (Å²) in [6, 6.07) is 28.0. The van der Waals surface area contributed by atoms with Crippen LogP contribution in [0.2, 0.25) is 0 Å². The van der Waals surface area contributed by atoms with Crippen LogP contribution in [0.3, 0.4) is 0 Å². The van der Waals surface area contributed by atoms with Crippen molar-refractivity contribution in [1.29, 1.82) is 0 Å². The Morgan fingerprint density at radius 1 is 0.848 bits per heavy atom. The van der Waals surface area contributed by atoms with Crippen molar-refractivity contribution in [2.24, 2.45) is 0 Å². The quantitative estimate of drug-likeness (QED) is 0.316. The number of Topliss-reactive ketones (excluding diaryl/α,β-unsaturated/α-hetero) is 1. The van der Waals surface area contributed by atoms with Crippen molar-refractivity contribution in [3.8, 4) is 16.1 Å². The first-order valence-corrected chi connectivity index (χ1v) is 12.6. The number of allylic oxidation sites excluding steroid dienone is 1. The number of imidazole rings is 1. The summed E-state index contributed by atoms with van der Waals surface area (Å²) < 4.78 is 28.1. The van der Waals surface area contributed by atoms with Crippen LogP contribution in [0, 0.1) is 0 Å². The molecule has 0 spiro atoms. The number of para-hydroxylation sites is 1. The third-order valence-electron chi connectivity index (χ3n) is 5.65. The van der Waals surface area contributed by atoms with E-state index in [2.05, 4.69) is 6.07 Å². The average molecular weight is 469 g/mol. The maximum Gasteiger partial charge on any atom is 0.211 e. The smallest absolute Gasteiger partial charge is 0.211 e. The van der Waals surface area contributed by atoms with Gasteiger partial charge < -0.3 is 0 Å². The molecule has 0 N–H and O–H groups in total. The van der Waals surface area contributed by atoms with Gasteiger partial charge in [-0.1, -0.05) is 60.7 Å². The fourth-order valence-corrected chi connectivity index (χ4v) is 6.69. The maximum atomic E-state index is 13.1. The van der Waals surface area contributed by atoms with Gasteiger partial charge in [0.15, 0.2) is 0 Å². The van der Waals surface area contributed by atoms with E-state index in [1.54, 1.807) is 18.2 Å². The number of nitrogens with zero attached hydrogens (tertiary/aromatic N) is 2.